The predicted molar refractivity (Wildman–Crippen MR) is 68.5 cm³/mol. The highest BCUT2D eigenvalue weighted by Gasteiger charge is 2.08. The van der Waals surface area contributed by atoms with Crippen LogP contribution < -0.4 is 5.32 Å². The molecular weight excluding hydrogens is 212 g/mol. The summed E-state index contributed by atoms with van der Waals surface area (Å²) in [6, 6.07) is 4.41. The maximum atomic E-state index is 4.59. The molecule has 0 fully saturated rings. The van der Waals surface area contributed by atoms with Gasteiger partial charge in [-0.15, -0.1) is 0 Å². The second kappa shape index (κ2) is 5.10. The van der Waals surface area contributed by atoms with Crippen molar-refractivity contribution in [3.8, 4) is 11.3 Å². The first kappa shape index (κ1) is 11.8. The lowest BCUT2D eigenvalue weighted by Crippen LogP contribution is -2.22. The Bertz CT molecular complexity index is 473. The number of imidazole rings is 1. The number of aryl methyl sites for hydroxylation is 1. The monoisotopic (exact) mass is 230 g/mol. The van der Waals surface area contributed by atoms with Gasteiger partial charge in [0.25, 0.3) is 0 Å². The third-order valence-corrected chi connectivity index (χ3v) is 2.55. The SMILES string of the molecule is Cc1[nH]c(CNC(C)C)nc1-c1cccnc1. The molecule has 0 aromatic carbocycles. The number of nitrogens with zero attached hydrogens (tertiary/aromatic N) is 2. The molecule has 2 N–H and O–H groups in total. The lowest BCUT2D eigenvalue weighted by atomic mass is 10.2. The van der Waals surface area contributed by atoms with E-state index in [1.807, 2.05) is 25.3 Å². The maximum absolute atomic E-state index is 4.59. The highest BCUT2D eigenvalue weighted by Crippen LogP contribution is 2.19. The van der Waals surface area contributed by atoms with Crippen molar-refractivity contribution in [3.05, 3.63) is 36.0 Å². The molecule has 90 valence electrons. The number of H-pyrrole nitrogens is 1. The van der Waals surface area contributed by atoms with E-state index in [1.165, 1.54) is 0 Å². The van der Waals surface area contributed by atoms with Crippen LogP contribution in [0.25, 0.3) is 11.3 Å². The largest absolute Gasteiger partial charge is 0.344 e. The minimum absolute atomic E-state index is 0.460. The lowest BCUT2D eigenvalue weighted by Gasteiger charge is -2.04. The summed E-state index contributed by atoms with van der Waals surface area (Å²) in [5.74, 6) is 0.968. The molecule has 0 unspecified atom stereocenters. The van der Waals surface area contributed by atoms with Crippen molar-refractivity contribution in [2.24, 2.45) is 0 Å². The van der Waals surface area contributed by atoms with E-state index >= 15 is 0 Å². The molecule has 0 spiro atoms. The molecule has 2 heterocycles. The number of hydrogen-bond acceptors (Lipinski definition) is 3. The minimum atomic E-state index is 0.460. The normalized spacial score (nSPS) is 11.1. The molecule has 0 saturated carbocycles. The van der Waals surface area contributed by atoms with Crippen LogP contribution in [0.4, 0.5) is 0 Å². The molecular formula is C13H18N4. The van der Waals surface area contributed by atoms with Crippen LogP contribution in [0.5, 0.6) is 0 Å². The van der Waals surface area contributed by atoms with Crippen LogP contribution in [0.15, 0.2) is 24.5 Å². The van der Waals surface area contributed by atoms with Gasteiger partial charge in [-0.2, -0.15) is 0 Å². The molecule has 2 aromatic rings. The van der Waals surface area contributed by atoms with Crippen molar-refractivity contribution in [1.82, 2.24) is 20.3 Å². The Labute approximate surface area is 102 Å². The highest BCUT2D eigenvalue weighted by molar-refractivity contribution is 5.60. The molecule has 0 atom stereocenters. The Morgan fingerprint density at radius 1 is 1.41 bits per heavy atom. The number of rotatable bonds is 4. The van der Waals surface area contributed by atoms with Crippen LogP contribution in [-0.2, 0) is 6.54 Å². The number of aromatic amines is 1. The van der Waals surface area contributed by atoms with Gasteiger partial charge >= 0.3 is 0 Å². The second-order valence-electron chi connectivity index (χ2n) is 4.43. The summed E-state index contributed by atoms with van der Waals surface area (Å²) in [5.41, 5.74) is 3.12. The van der Waals surface area contributed by atoms with Gasteiger partial charge in [0.2, 0.25) is 0 Å². The number of aromatic nitrogens is 3. The summed E-state index contributed by atoms with van der Waals surface area (Å²) in [6.45, 7) is 7.04. The first-order valence-corrected chi connectivity index (χ1v) is 5.86. The van der Waals surface area contributed by atoms with Crippen molar-refractivity contribution in [1.29, 1.82) is 0 Å². The van der Waals surface area contributed by atoms with Crippen molar-refractivity contribution in [3.63, 3.8) is 0 Å². The van der Waals surface area contributed by atoms with Gasteiger partial charge in [0, 0.05) is 29.7 Å². The van der Waals surface area contributed by atoms with E-state index in [2.05, 4.69) is 34.1 Å². The van der Waals surface area contributed by atoms with Gasteiger partial charge in [-0.1, -0.05) is 13.8 Å². The highest BCUT2D eigenvalue weighted by atomic mass is 15.0. The summed E-state index contributed by atoms with van der Waals surface area (Å²) in [5, 5.41) is 3.34. The first-order valence-electron chi connectivity index (χ1n) is 5.86. The molecule has 0 aliphatic heterocycles. The van der Waals surface area contributed by atoms with Gasteiger partial charge in [-0.25, -0.2) is 4.98 Å². The fraction of sp³-hybridized carbons (Fsp3) is 0.385. The van der Waals surface area contributed by atoms with Crippen molar-refractivity contribution in [2.45, 2.75) is 33.4 Å². The molecule has 0 radical (unpaired) electrons. The average molecular weight is 230 g/mol. The quantitative estimate of drug-likeness (QED) is 0.847. The van der Waals surface area contributed by atoms with E-state index in [0.717, 1.165) is 29.3 Å². The standard InChI is InChI=1S/C13H18N4/c1-9(2)15-8-12-16-10(3)13(17-12)11-5-4-6-14-7-11/h4-7,9,15H,8H2,1-3H3,(H,16,17). The van der Waals surface area contributed by atoms with E-state index in [-0.39, 0.29) is 0 Å². The van der Waals surface area contributed by atoms with Gasteiger partial charge in [0.05, 0.1) is 12.2 Å². The van der Waals surface area contributed by atoms with Crippen LogP contribution in [0.1, 0.15) is 25.4 Å². The molecule has 0 bridgehead atoms. The first-order chi connectivity index (χ1) is 8.16. The van der Waals surface area contributed by atoms with Crippen molar-refractivity contribution >= 4 is 0 Å². The lowest BCUT2D eigenvalue weighted by molar-refractivity contribution is 0.575. The van der Waals surface area contributed by atoms with Gasteiger partial charge in [0.15, 0.2) is 0 Å². The molecule has 0 aliphatic rings. The zero-order valence-electron chi connectivity index (χ0n) is 10.5. The Kier molecular flexibility index (Phi) is 3.54. The van der Waals surface area contributed by atoms with Crippen molar-refractivity contribution < 1.29 is 0 Å². The van der Waals surface area contributed by atoms with E-state index in [0.29, 0.717) is 6.04 Å². The minimum Gasteiger partial charge on any atom is -0.344 e. The molecule has 4 heteroatoms. The van der Waals surface area contributed by atoms with Crippen molar-refractivity contribution in [2.75, 3.05) is 0 Å². The Hall–Kier alpha value is -1.68. The fourth-order valence-electron chi connectivity index (χ4n) is 1.69. The molecule has 2 rings (SSSR count). The molecule has 4 nitrogen and oxygen atoms in total. The van der Waals surface area contributed by atoms with Crippen LogP contribution in [-0.4, -0.2) is 21.0 Å². The summed E-state index contributed by atoms with van der Waals surface area (Å²) in [7, 11) is 0. The molecule has 0 aliphatic carbocycles. The maximum Gasteiger partial charge on any atom is 0.121 e. The third-order valence-electron chi connectivity index (χ3n) is 2.55. The molecule has 17 heavy (non-hydrogen) atoms. The summed E-state index contributed by atoms with van der Waals surface area (Å²) >= 11 is 0. The molecule has 0 amide bonds. The number of pyridine rings is 1. The summed E-state index contributed by atoms with van der Waals surface area (Å²) in [4.78, 5) is 12.0. The van der Waals surface area contributed by atoms with Crippen LogP contribution in [0.3, 0.4) is 0 Å². The van der Waals surface area contributed by atoms with E-state index in [9.17, 15) is 0 Å². The number of nitrogens with one attached hydrogen (secondary N) is 2. The second-order valence-corrected chi connectivity index (χ2v) is 4.43. The summed E-state index contributed by atoms with van der Waals surface area (Å²) in [6.07, 6.45) is 3.61. The summed E-state index contributed by atoms with van der Waals surface area (Å²) < 4.78 is 0. The fourth-order valence-corrected chi connectivity index (χ4v) is 1.69. The average Bonchev–Trinajstić information content (AvgIpc) is 2.69. The van der Waals surface area contributed by atoms with Gasteiger partial charge < -0.3 is 10.3 Å². The predicted octanol–water partition coefficient (Wildman–Crippen LogP) is 2.28. The third kappa shape index (κ3) is 2.91. The Morgan fingerprint density at radius 3 is 2.88 bits per heavy atom. The van der Waals surface area contributed by atoms with Crippen LogP contribution >= 0.6 is 0 Å². The molecule has 0 saturated heterocycles. The van der Waals surface area contributed by atoms with E-state index in [1.54, 1.807) is 6.20 Å². The Balaban J connectivity index is 2.20. The zero-order chi connectivity index (χ0) is 12.3. The zero-order valence-corrected chi connectivity index (χ0v) is 10.5. The van der Waals surface area contributed by atoms with E-state index < -0.39 is 0 Å². The topological polar surface area (TPSA) is 53.6 Å². The smallest absolute Gasteiger partial charge is 0.121 e. The van der Waals surface area contributed by atoms with E-state index in [4.69, 9.17) is 0 Å². The Morgan fingerprint density at radius 2 is 2.24 bits per heavy atom. The molecule has 2 aromatic heterocycles. The van der Waals surface area contributed by atoms with Crippen LogP contribution in [0, 0.1) is 6.92 Å². The van der Waals surface area contributed by atoms with Crippen LogP contribution in [0.2, 0.25) is 0 Å². The van der Waals surface area contributed by atoms with Gasteiger partial charge in [-0.3, -0.25) is 4.98 Å². The number of hydrogen-bond donors (Lipinski definition) is 2. The van der Waals surface area contributed by atoms with Gasteiger partial charge in [0.1, 0.15) is 5.82 Å². The van der Waals surface area contributed by atoms with Gasteiger partial charge in [-0.05, 0) is 19.1 Å².